The molecule has 0 unspecified atom stereocenters. The van der Waals surface area contributed by atoms with E-state index in [1.54, 1.807) is 6.07 Å². The van der Waals surface area contributed by atoms with Gasteiger partial charge in [0, 0.05) is 27.5 Å². The smallest absolute Gasteiger partial charge is 0.340 e. The maximum atomic E-state index is 12.5. The van der Waals surface area contributed by atoms with Crippen molar-refractivity contribution in [2.75, 3.05) is 7.11 Å². The Kier molecular flexibility index (Phi) is 3.92. The number of fused-ring (bicyclic) bond motifs is 3. The molecular weight excluding hydrogens is 338 g/mol. The average molecular weight is 359 g/mol. The highest BCUT2D eigenvalue weighted by Gasteiger charge is 2.24. The third kappa shape index (κ3) is 2.48. The summed E-state index contributed by atoms with van der Waals surface area (Å²) in [5, 5.41) is 12.9. The van der Waals surface area contributed by atoms with E-state index in [1.807, 2.05) is 31.2 Å². The van der Waals surface area contributed by atoms with Gasteiger partial charge in [0.1, 0.15) is 5.75 Å². The Morgan fingerprint density at radius 3 is 2.30 bits per heavy atom. The normalized spacial score (nSPS) is 11.3. The second kappa shape index (κ2) is 6.16. The highest BCUT2D eigenvalue weighted by Crippen LogP contribution is 2.39. The van der Waals surface area contributed by atoms with Crippen LogP contribution in [0.15, 0.2) is 48.5 Å². The summed E-state index contributed by atoms with van der Waals surface area (Å²) in [6.45, 7) is 6.06. The van der Waals surface area contributed by atoms with E-state index in [0.29, 0.717) is 10.9 Å². The average Bonchev–Trinajstić information content (AvgIpc) is 2.95. The molecule has 1 heterocycles. The quantitative estimate of drug-likeness (QED) is 0.500. The molecule has 0 saturated carbocycles. The lowest BCUT2D eigenvalue weighted by Crippen LogP contribution is -2.04. The zero-order valence-corrected chi connectivity index (χ0v) is 15.8. The predicted molar refractivity (Wildman–Crippen MR) is 108 cm³/mol. The van der Waals surface area contributed by atoms with Gasteiger partial charge in [-0.05, 0) is 50.1 Å². The summed E-state index contributed by atoms with van der Waals surface area (Å²) >= 11 is 0. The van der Waals surface area contributed by atoms with Gasteiger partial charge in [-0.3, -0.25) is 0 Å². The first-order chi connectivity index (χ1) is 12.9. The first-order valence-electron chi connectivity index (χ1n) is 8.85. The van der Waals surface area contributed by atoms with Crippen molar-refractivity contribution in [3.63, 3.8) is 0 Å². The fourth-order valence-electron chi connectivity index (χ4n) is 3.79. The number of aromatic nitrogens is 1. The zero-order chi connectivity index (χ0) is 19.3. The third-order valence-electron chi connectivity index (χ3n) is 5.32. The van der Waals surface area contributed by atoms with Crippen LogP contribution in [-0.4, -0.2) is 22.8 Å². The number of aryl methyl sites for hydroxylation is 2. The minimum absolute atomic E-state index is 0.153. The predicted octanol–water partition coefficient (Wildman–Crippen LogP) is 5.20. The van der Waals surface area contributed by atoms with Gasteiger partial charge < -0.3 is 14.4 Å². The molecular formula is C23H21NO3. The number of rotatable bonds is 2. The van der Waals surface area contributed by atoms with Crippen molar-refractivity contribution in [2.24, 2.45) is 0 Å². The van der Waals surface area contributed by atoms with Crippen LogP contribution in [0.5, 0.6) is 5.75 Å². The Labute approximate surface area is 157 Å². The van der Waals surface area contributed by atoms with Crippen LogP contribution in [0.3, 0.4) is 0 Å². The van der Waals surface area contributed by atoms with E-state index < -0.39 is 5.97 Å². The van der Waals surface area contributed by atoms with Crippen molar-refractivity contribution in [3.8, 4) is 11.4 Å². The van der Waals surface area contributed by atoms with Crippen LogP contribution >= 0.6 is 0 Å². The number of hydrogen-bond acceptors (Lipinski definition) is 3. The SMILES string of the molecule is COC(=O)c1c(C)n(-c2ccc(C)c(C)c2)c2c1cc(O)c1ccccc12. The number of carbonyl (C=O) groups excluding carboxylic acids is 1. The molecule has 4 rings (SSSR count). The lowest BCUT2D eigenvalue weighted by Gasteiger charge is -2.13. The second-order valence-electron chi connectivity index (χ2n) is 6.89. The summed E-state index contributed by atoms with van der Waals surface area (Å²) < 4.78 is 7.11. The summed E-state index contributed by atoms with van der Waals surface area (Å²) in [6.07, 6.45) is 0. The topological polar surface area (TPSA) is 51.5 Å². The molecule has 1 aromatic heterocycles. The van der Waals surface area contributed by atoms with Crippen LogP contribution in [0.4, 0.5) is 0 Å². The summed E-state index contributed by atoms with van der Waals surface area (Å²) in [5.74, 6) is -0.254. The molecule has 136 valence electrons. The van der Waals surface area contributed by atoms with Crippen molar-refractivity contribution in [3.05, 3.63) is 70.9 Å². The highest BCUT2D eigenvalue weighted by atomic mass is 16.5. The molecule has 0 aliphatic carbocycles. The minimum atomic E-state index is -0.408. The number of esters is 1. The Balaban J connectivity index is 2.23. The van der Waals surface area contributed by atoms with Gasteiger partial charge in [0.15, 0.2) is 0 Å². The van der Waals surface area contributed by atoms with Gasteiger partial charge in [-0.25, -0.2) is 4.79 Å². The zero-order valence-electron chi connectivity index (χ0n) is 15.8. The van der Waals surface area contributed by atoms with Crippen LogP contribution in [0.1, 0.15) is 27.2 Å². The fourth-order valence-corrected chi connectivity index (χ4v) is 3.79. The molecule has 0 spiro atoms. The summed E-state index contributed by atoms with van der Waals surface area (Å²) in [7, 11) is 1.38. The van der Waals surface area contributed by atoms with Crippen LogP contribution in [0, 0.1) is 20.8 Å². The number of hydrogen-bond donors (Lipinski definition) is 1. The van der Waals surface area contributed by atoms with Gasteiger partial charge in [-0.1, -0.05) is 30.3 Å². The van der Waals surface area contributed by atoms with Gasteiger partial charge in [0.05, 0.1) is 18.2 Å². The molecule has 0 saturated heterocycles. The molecule has 0 aliphatic heterocycles. The third-order valence-corrected chi connectivity index (χ3v) is 5.32. The van der Waals surface area contributed by atoms with Crippen LogP contribution in [0.25, 0.3) is 27.4 Å². The molecule has 0 amide bonds. The molecule has 4 aromatic rings. The number of carbonyl (C=O) groups is 1. The molecule has 3 aromatic carbocycles. The number of benzene rings is 3. The molecule has 0 radical (unpaired) electrons. The molecule has 0 fully saturated rings. The second-order valence-corrected chi connectivity index (χ2v) is 6.89. The van der Waals surface area contributed by atoms with E-state index in [1.165, 1.54) is 18.2 Å². The van der Waals surface area contributed by atoms with Crippen molar-refractivity contribution in [2.45, 2.75) is 20.8 Å². The van der Waals surface area contributed by atoms with E-state index in [4.69, 9.17) is 4.74 Å². The Morgan fingerprint density at radius 2 is 1.63 bits per heavy atom. The standard InChI is InChI=1S/C23H21NO3/c1-13-9-10-16(11-14(13)2)24-15(3)21(23(26)27-4)19-12-20(25)17-7-5-6-8-18(17)22(19)24/h5-12,25H,1-4H3. The fraction of sp³-hybridized carbons (Fsp3) is 0.174. The van der Waals surface area contributed by atoms with Gasteiger partial charge in [-0.2, -0.15) is 0 Å². The number of aromatic hydroxyl groups is 1. The van der Waals surface area contributed by atoms with Crippen molar-refractivity contribution < 1.29 is 14.6 Å². The van der Waals surface area contributed by atoms with Gasteiger partial charge in [-0.15, -0.1) is 0 Å². The lowest BCUT2D eigenvalue weighted by atomic mass is 10.0. The Morgan fingerprint density at radius 1 is 0.926 bits per heavy atom. The summed E-state index contributed by atoms with van der Waals surface area (Å²) in [6, 6.07) is 15.6. The highest BCUT2D eigenvalue weighted by molar-refractivity contribution is 6.16. The lowest BCUT2D eigenvalue weighted by molar-refractivity contribution is 0.0602. The summed E-state index contributed by atoms with van der Waals surface area (Å²) in [4.78, 5) is 12.5. The number of methoxy groups -OCH3 is 1. The Bertz CT molecular complexity index is 1220. The molecule has 1 N–H and O–H groups in total. The van der Waals surface area contributed by atoms with Crippen molar-refractivity contribution in [1.29, 1.82) is 0 Å². The number of ether oxygens (including phenoxy) is 1. The number of phenols is 1. The monoisotopic (exact) mass is 359 g/mol. The summed E-state index contributed by atoms with van der Waals surface area (Å²) in [5.41, 5.74) is 5.53. The van der Waals surface area contributed by atoms with Crippen LogP contribution in [-0.2, 0) is 4.74 Å². The van der Waals surface area contributed by atoms with Gasteiger partial charge >= 0.3 is 5.97 Å². The molecule has 4 nitrogen and oxygen atoms in total. The van der Waals surface area contributed by atoms with Crippen LogP contribution < -0.4 is 0 Å². The van der Waals surface area contributed by atoms with E-state index in [9.17, 15) is 9.90 Å². The van der Waals surface area contributed by atoms with E-state index in [-0.39, 0.29) is 5.75 Å². The molecule has 0 aliphatic rings. The molecule has 27 heavy (non-hydrogen) atoms. The molecule has 0 atom stereocenters. The number of phenolic OH excluding ortho intramolecular Hbond substituents is 1. The first kappa shape index (κ1) is 17.2. The van der Waals surface area contributed by atoms with E-state index in [2.05, 4.69) is 36.6 Å². The first-order valence-corrected chi connectivity index (χ1v) is 8.85. The Hall–Kier alpha value is -3.27. The largest absolute Gasteiger partial charge is 0.507 e. The maximum absolute atomic E-state index is 12.5. The molecule has 0 bridgehead atoms. The van der Waals surface area contributed by atoms with Crippen molar-refractivity contribution in [1.82, 2.24) is 4.57 Å². The van der Waals surface area contributed by atoms with E-state index >= 15 is 0 Å². The van der Waals surface area contributed by atoms with Gasteiger partial charge in [0.2, 0.25) is 0 Å². The van der Waals surface area contributed by atoms with Crippen LogP contribution in [0.2, 0.25) is 0 Å². The van der Waals surface area contributed by atoms with Gasteiger partial charge in [0.25, 0.3) is 0 Å². The minimum Gasteiger partial charge on any atom is -0.507 e. The number of nitrogens with zero attached hydrogens (tertiary/aromatic N) is 1. The molecule has 4 heteroatoms. The maximum Gasteiger partial charge on any atom is 0.340 e. The van der Waals surface area contributed by atoms with Crippen molar-refractivity contribution >= 4 is 27.6 Å². The van der Waals surface area contributed by atoms with E-state index in [0.717, 1.165) is 27.7 Å².